The first-order valence-corrected chi connectivity index (χ1v) is 7.19. The molecular formula is C16H23N3O2. The predicted molar refractivity (Wildman–Crippen MR) is 83.4 cm³/mol. The molecule has 0 amide bonds. The molecule has 21 heavy (non-hydrogen) atoms. The van der Waals surface area contributed by atoms with Crippen LogP contribution in [0.4, 0.5) is 0 Å². The van der Waals surface area contributed by atoms with E-state index < -0.39 is 0 Å². The van der Waals surface area contributed by atoms with Gasteiger partial charge in [-0.3, -0.25) is 5.10 Å². The molecule has 5 heteroatoms. The SMILES string of the molecule is COCCNCc1cn[nH]c1-c1ccc(OC(C)C)cc1. The van der Waals surface area contributed by atoms with Crippen molar-refractivity contribution in [3.05, 3.63) is 36.0 Å². The lowest BCUT2D eigenvalue weighted by atomic mass is 10.1. The van der Waals surface area contributed by atoms with Gasteiger partial charge < -0.3 is 14.8 Å². The second-order valence-corrected chi connectivity index (χ2v) is 5.13. The van der Waals surface area contributed by atoms with E-state index in [0.29, 0.717) is 6.61 Å². The molecule has 0 aliphatic rings. The maximum atomic E-state index is 5.66. The molecule has 2 N–H and O–H groups in total. The van der Waals surface area contributed by atoms with Gasteiger partial charge in [0.2, 0.25) is 0 Å². The Kier molecular flexibility index (Phi) is 5.78. The van der Waals surface area contributed by atoms with Gasteiger partial charge in [0.1, 0.15) is 5.75 Å². The van der Waals surface area contributed by atoms with Crippen molar-refractivity contribution >= 4 is 0 Å². The van der Waals surface area contributed by atoms with Crippen molar-refractivity contribution in [2.75, 3.05) is 20.3 Å². The monoisotopic (exact) mass is 289 g/mol. The van der Waals surface area contributed by atoms with E-state index in [-0.39, 0.29) is 6.10 Å². The van der Waals surface area contributed by atoms with Crippen LogP contribution < -0.4 is 10.1 Å². The predicted octanol–water partition coefficient (Wildman–Crippen LogP) is 2.60. The molecule has 0 aliphatic heterocycles. The Balaban J connectivity index is 2.02. The van der Waals surface area contributed by atoms with E-state index in [1.54, 1.807) is 7.11 Å². The fourth-order valence-electron chi connectivity index (χ4n) is 2.06. The minimum Gasteiger partial charge on any atom is -0.491 e. The molecule has 1 aromatic carbocycles. The summed E-state index contributed by atoms with van der Waals surface area (Å²) in [5, 5.41) is 10.5. The quantitative estimate of drug-likeness (QED) is 0.733. The van der Waals surface area contributed by atoms with Crippen molar-refractivity contribution in [2.45, 2.75) is 26.5 Å². The largest absolute Gasteiger partial charge is 0.491 e. The summed E-state index contributed by atoms with van der Waals surface area (Å²) in [6.07, 6.45) is 2.04. The number of hydrogen-bond donors (Lipinski definition) is 2. The van der Waals surface area contributed by atoms with Crippen LogP contribution in [0.15, 0.2) is 30.5 Å². The second-order valence-electron chi connectivity index (χ2n) is 5.13. The highest BCUT2D eigenvalue weighted by atomic mass is 16.5. The van der Waals surface area contributed by atoms with Crippen molar-refractivity contribution in [3.63, 3.8) is 0 Å². The van der Waals surface area contributed by atoms with Gasteiger partial charge in [-0.15, -0.1) is 0 Å². The Labute approximate surface area is 125 Å². The zero-order valence-electron chi connectivity index (χ0n) is 12.8. The maximum absolute atomic E-state index is 5.66. The van der Waals surface area contributed by atoms with Crippen LogP contribution >= 0.6 is 0 Å². The molecule has 2 aromatic rings. The van der Waals surface area contributed by atoms with Crippen LogP contribution in [-0.2, 0) is 11.3 Å². The fraction of sp³-hybridized carbons (Fsp3) is 0.438. The number of hydrogen-bond acceptors (Lipinski definition) is 4. The standard InChI is InChI=1S/C16H23N3O2/c1-12(2)21-15-6-4-13(5-7-15)16-14(11-18-19-16)10-17-8-9-20-3/h4-7,11-12,17H,8-10H2,1-3H3,(H,18,19). The van der Waals surface area contributed by atoms with Gasteiger partial charge >= 0.3 is 0 Å². The van der Waals surface area contributed by atoms with Crippen LogP contribution in [0.3, 0.4) is 0 Å². The summed E-state index contributed by atoms with van der Waals surface area (Å²) in [4.78, 5) is 0. The molecule has 0 aliphatic carbocycles. The first kappa shape index (κ1) is 15.5. The van der Waals surface area contributed by atoms with Gasteiger partial charge in [0.05, 0.1) is 24.6 Å². The van der Waals surface area contributed by atoms with E-state index in [4.69, 9.17) is 9.47 Å². The number of aromatic amines is 1. The zero-order valence-corrected chi connectivity index (χ0v) is 12.8. The third kappa shape index (κ3) is 4.58. The smallest absolute Gasteiger partial charge is 0.119 e. The van der Waals surface area contributed by atoms with Gasteiger partial charge in [-0.05, 0) is 38.1 Å². The summed E-state index contributed by atoms with van der Waals surface area (Å²) in [6, 6.07) is 8.06. The average molecular weight is 289 g/mol. The number of aromatic nitrogens is 2. The van der Waals surface area contributed by atoms with Gasteiger partial charge in [0.15, 0.2) is 0 Å². The summed E-state index contributed by atoms with van der Waals surface area (Å²) in [7, 11) is 1.70. The lowest BCUT2D eigenvalue weighted by Crippen LogP contribution is -2.18. The first-order valence-electron chi connectivity index (χ1n) is 7.19. The number of H-pyrrole nitrogens is 1. The summed E-state index contributed by atoms with van der Waals surface area (Å²) in [5.41, 5.74) is 3.28. The molecule has 0 unspecified atom stereocenters. The van der Waals surface area contributed by atoms with Crippen molar-refractivity contribution in [3.8, 4) is 17.0 Å². The molecule has 0 bridgehead atoms. The van der Waals surface area contributed by atoms with Crippen LogP contribution in [0.5, 0.6) is 5.75 Å². The third-order valence-corrected chi connectivity index (χ3v) is 3.03. The van der Waals surface area contributed by atoms with E-state index >= 15 is 0 Å². The van der Waals surface area contributed by atoms with Gasteiger partial charge in [-0.1, -0.05) is 0 Å². The molecule has 0 saturated heterocycles. The molecule has 0 fully saturated rings. The minimum atomic E-state index is 0.184. The van der Waals surface area contributed by atoms with Crippen LogP contribution in [0.1, 0.15) is 19.4 Å². The second kappa shape index (κ2) is 7.81. The van der Waals surface area contributed by atoms with Crippen LogP contribution in [0.2, 0.25) is 0 Å². The van der Waals surface area contributed by atoms with Gasteiger partial charge in [-0.25, -0.2) is 0 Å². The number of methoxy groups -OCH3 is 1. The average Bonchev–Trinajstić information content (AvgIpc) is 2.92. The number of nitrogens with one attached hydrogen (secondary N) is 2. The van der Waals surface area contributed by atoms with E-state index in [0.717, 1.165) is 35.7 Å². The van der Waals surface area contributed by atoms with Gasteiger partial charge in [0, 0.05) is 31.3 Å². The Bertz CT molecular complexity index is 535. The van der Waals surface area contributed by atoms with Crippen molar-refractivity contribution in [1.82, 2.24) is 15.5 Å². The highest BCUT2D eigenvalue weighted by Gasteiger charge is 2.08. The number of rotatable bonds is 8. The Morgan fingerprint density at radius 2 is 2.00 bits per heavy atom. The molecular weight excluding hydrogens is 266 g/mol. The van der Waals surface area contributed by atoms with E-state index in [1.165, 1.54) is 0 Å². The van der Waals surface area contributed by atoms with Crippen molar-refractivity contribution in [2.24, 2.45) is 0 Å². The van der Waals surface area contributed by atoms with Gasteiger partial charge in [0.25, 0.3) is 0 Å². The van der Waals surface area contributed by atoms with Gasteiger partial charge in [-0.2, -0.15) is 5.10 Å². The lowest BCUT2D eigenvalue weighted by Gasteiger charge is -2.10. The van der Waals surface area contributed by atoms with Crippen LogP contribution in [0.25, 0.3) is 11.3 Å². The molecule has 0 saturated carbocycles. The molecule has 5 nitrogen and oxygen atoms in total. The zero-order chi connectivity index (χ0) is 15.1. The molecule has 2 rings (SSSR count). The Morgan fingerprint density at radius 1 is 1.24 bits per heavy atom. The van der Waals surface area contributed by atoms with Crippen molar-refractivity contribution < 1.29 is 9.47 Å². The Hall–Kier alpha value is -1.85. The van der Waals surface area contributed by atoms with E-state index in [1.807, 2.05) is 44.3 Å². The topological polar surface area (TPSA) is 59.2 Å². The maximum Gasteiger partial charge on any atom is 0.119 e. The molecule has 0 atom stereocenters. The van der Waals surface area contributed by atoms with Crippen LogP contribution in [-0.4, -0.2) is 36.6 Å². The summed E-state index contributed by atoms with van der Waals surface area (Å²) >= 11 is 0. The van der Waals surface area contributed by atoms with Crippen molar-refractivity contribution in [1.29, 1.82) is 0 Å². The minimum absolute atomic E-state index is 0.184. The summed E-state index contributed by atoms with van der Waals surface area (Å²) in [6.45, 7) is 6.33. The number of ether oxygens (including phenoxy) is 2. The normalized spacial score (nSPS) is 11.0. The highest BCUT2D eigenvalue weighted by Crippen LogP contribution is 2.24. The number of nitrogens with zero attached hydrogens (tertiary/aromatic N) is 1. The molecule has 114 valence electrons. The summed E-state index contributed by atoms with van der Waals surface area (Å²) in [5.74, 6) is 0.882. The van der Waals surface area contributed by atoms with E-state index in [2.05, 4.69) is 15.5 Å². The highest BCUT2D eigenvalue weighted by molar-refractivity contribution is 5.63. The molecule has 1 aromatic heterocycles. The Morgan fingerprint density at radius 3 is 2.67 bits per heavy atom. The third-order valence-electron chi connectivity index (χ3n) is 3.03. The lowest BCUT2D eigenvalue weighted by molar-refractivity contribution is 0.199. The summed E-state index contributed by atoms with van der Waals surface area (Å²) < 4.78 is 10.7. The number of benzene rings is 1. The molecule has 0 radical (unpaired) electrons. The van der Waals surface area contributed by atoms with Crippen LogP contribution in [0, 0.1) is 0 Å². The molecule has 1 heterocycles. The molecule has 0 spiro atoms. The first-order chi connectivity index (χ1) is 10.2. The van der Waals surface area contributed by atoms with E-state index in [9.17, 15) is 0 Å². The fourth-order valence-corrected chi connectivity index (χ4v) is 2.06.